The van der Waals surface area contributed by atoms with Crippen molar-refractivity contribution in [1.82, 2.24) is 0 Å². The lowest BCUT2D eigenvalue weighted by molar-refractivity contribution is -0.274. The molecular formula is C17H17F3N2O4S. The van der Waals surface area contributed by atoms with Gasteiger partial charge in [-0.1, -0.05) is 0 Å². The molecule has 0 aromatic heterocycles. The van der Waals surface area contributed by atoms with Gasteiger partial charge in [0, 0.05) is 16.9 Å². The number of alkyl halides is 3. The number of halogens is 3. The zero-order chi connectivity index (χ0) is 20.2. The summed E-state index contributed by atoms with van der Waals surface area (Å²) in [7, 11) is -3.49. The predicted octanol–water partition coefficient (Wildman–Crippen LogP) is 3.99. The molecule has 0 atom stereocenters. The van der Waals surface area contributed by atoms with E-state index in [2.05, 4.69) is 14.8 Å². The Morgan fingerprint density at radius 2 is 1.48 bits per heavy atom. The first-order valence-electron chi connectivity index (χ1n) is 7.75. The molecule has 0 bridgehead atoms. The average molecular weight is 402 g/mol. The minimum Gasteiger partial charge on any atom is -0.406 e. The molecule has 2 aromatic carbocycles. The predicted molar refractivity (Wildman–Crippen MR) is 95.2 cm³/mol. The number of anilines is 2. The molecule has 0 aliphatic heterocycles. The lowest BCUT2D eigenvalue weighted by Gasteiger charge is -2.12. The van der Waals surface area contributed by atoms with Crippen molar-refractivity contribution >= 4 is 27.3 Å². The first-order chi connectivity index (χ1) is 12.5. The van der Waals surface area contributed by atoms with Gasteiger partial charge in [0.15, 0.2) is 0 Å². The molecule has 0 unspecified atom stereocenters. The Labute approximate surface area is 154 Å². The van der Waals surface area contributed by atoms with Crippen molar-refractivity contribution in [1.29, 1.82) is 0 Å². The summed E-state index contributed by atoms with van der Waals surface area (Å²) in [5, 5.41) is 1.91. The summed E-state index contributed by atoms with van der Waals surface area (Å²) in [5.74, 6) is -0.903. The molecule has 0 aliphatic rings. The lowest BCUT2D eigenvalue weighted by atomic mass is 10.2. The second kappa shape index (κ2) is 7.87. The van der Waals surface area contributed by atoms with E-state index >= 15 is 0 Å². The summed E-state index contributed by atoms with van der Waals surface area (Å²) in [4.78, 5) is 12.2. The van der Waals surface area contributed by atoms with Crippen LogP contribution < -0.4 is 14.8 Å². The normalized spacial score (nSPS) is 11.9. The molecular weight excluding hydrogens is 385 g/mol. The number of hydrogen-bond acceptors (Lipinski definition) is 4. The second-order valence-corrected chi connectivity index (χ2v) is 8.04. The van der Waals surface area contributed by atoms with E-state index in [4.69, 9.17) is 0 Å². The Balaban J connectivity index is 2.02. The first kappa shape index (κ1) is 20.6. The number of carbonyl (C=O) groups excluding carboxylic acids is 1. The van der Waals surface area contributed by atoms with Crippen LogP contribution >= 0.6 is 0 Å². The van der Waals surface area contributed by atoms with Crippen LogP contribution in [0, 0.1) is 0 Å². The smallest absolute Gasteiger partial charge is 0.406 e. The highest BCUT2D eigenvalue weighted by atomic mass is 32.2. The summed E-state index contributed by atoms with van der Waals surface area (Å²) in [5.41, 5.74) is 0.839. The standard InChI is InChI=1S/C17H17F3N2O4S/c1-11(2)27(24,25)22-14-5-3-12(4-6-14)16(23)21-13-7-9-15(10-8-13)26-17(18,19)20/h3-11,22H,1-2H3,(H,21,23). The molecule has 0 saturated heterocycles. The van der Waals surface area contributed by atoms with Crippen LogP contribution in [0.4, 0.5) is 24.5 Å². The Bertz CT molecular complexity index is 893. The highest BCUT2D eigenvalue weighted by molar-refractivity contribution is 7.93. The van der Waals surface area contributed by atoms with Crippen LogP contribution in [0.15, 0.2) is 48.5 Å². The van der Waals surface area contributed by atoms with Crippen molar-refractivity contribution in [3.05, 3.63) is 54.1 Å². The van der Waals surface area contributed by atoms with Crippen LogP contribution in [-0.4, -0.2) is 25.9 Å². The van der Waals surface area contributed by atoms with Crippen LogP contribution in [-0.2, 0) is 10.0 Å². The van der Waals surface area contributed by atoms with Crippen LogP contribution in [0.5, 0.6) is 5.75 Å². The number of hydrogen-bond donors (Lipinski definition) is 2. The van der Waals surface area contributed by atoms with E-state index < -0.39 is 33.3 Å². The third-order valence-corrected chi connectivity index (χ3v) is 5.13. The van der Waals surface area contributed by atoms with E-state index in [1.54, 1.807) is 0 Å². The number of nitrogens with one attached hydrogen (secondary N) is 2. The average Bonchev–Trinajstić information content (AvgIpc) is 2.55. The minimum absolute atomic E-state index is 0.248. The van der Waals surface area contributed by atoms with Crippen LogP contribution in [0.2, 0.25) is 0 Å². The molecule has 2 N–H and O–H groups in total. The van der Waals surface area contributed by atoms with Gasteiger partial charge in [0.1, 0.15) is 5.75 Å². The Morgan fingerprint density at radius 1 is 0.963 bits per heavy atom. The number of benzene rings is 2. The molecule has 6 nitrogen and oxygen atoms in total. The van der Waals surface area contributed by atoms with Crippen molar-refractivity contribution in [2.75, 3.05) is 10.0 Å². The largest absolute Gasteiger partial charge is 0.573 e. The molecule has 27 heavy (non-hydrogen) atoms. The quantitative estimate of drug-likeness (QED) is 0.765. The summed E-state index contributed by atoms with van der Waals surface area (Å²) in [6, 6.07) is 10.4. The van der Waals surface area contributed by atoms with E-state index in [1.807, 2.05) is 0 Å². The van der Waals surface area contributed by atoms with Gasteiger partial charge in [-0.25, -0.2) is 8.42 Å². The topological polar surface area (TPSA) is 84.5 Å². The molecule has 146 valence electrons. The summed E-state index contributed by atoms with van der Waals surface area (Å²) in [6.45, 7) is 3.07. The third-order valence-electron chi connectivity index (χ3n) is 3.37. The maximum atomic E-state index is 12.2. The Morgan fingerprint density at radius 3 is 1.96 bits per heavy atom. The van der Waals surface area contributed by atoms with Crippen LogP contribution in [0.1, 0.15) is 24.2 Å². The number of ether oxygens (including phenoxy) is 1. The van der Waals surface area contributed by atoms with Gasteiger partial charge in [-0.15, -0.1) is 13.2 Å². The van der Waals surface area contributed by atoms with Gasteiger partial charge in [0.2, 0.25) is 10.0 Å². The Hall–Kier alpha value is -2.75. The van der Waals surface area contributed by atoms with Gasteiger partial charge in [-0.3, -0.25) is 9.52 Å². The molecule has 10 heteroatoms. The zero-order valence-corrected chi connectivity index (χ0v) is 15.2. The molecule has 2 aromatic rings. The van der Waals surface area contributed by atoms with Gasteiger partial charge in [-0.05, 0) is 62.4 Å². The zero-order valence-electron chi connectivity index (χ0n) is 14.4. The molecule has 0 spiro atoms. The van der Waals surface area contributed by atoms with Crippen molar-refractivity contribution in [2.24, 2.45) is 0 Å². The highest BCUT2D eigenvalue weighted by Gasteiger charge is 2.30. The Kier molecular flexibility index (Phi) is 5.99. The second-order valence-electron chi connectivity index (χ2n) is 5.80. The van der Waals surface area contributed by atoms with E-state index in [-0.39, 0.29) is 11.3 Å². The van der Waals surface area contributed by atoms with Crippen LogP contribution in [0.25, 0.3) is 0 Å². The number of sulfonamides is 1. The minimum atomic E-state index is -4.79. The van der Waals surface area contributed by atoms with E-state index in [0.717, 1.165) is 12.1 Å². The molecule has 0 saturated carbocycles. The third kappa shape index (κ3) is 6.17. The lowest BCUT2D eigenvalue weighted by Crippen LogP contribution is -2.22. The number of carbonyl (C=O) groups is 1. The highest BCUT2D eigenvalue weighted by Crippen LogP contribution is 2.24. The van der Waals surface area contributed by atoms with E-state index in [1.165, 1.54) is 50.2 Å². The van der Waals surface area contributed by atoms with E-state index in [0.29, 0.717) is 5.69 Å². The summed E-state index contributed by atoms with van der Waals surface area (Å²) >= 11 is 0. The molecule has 1 amide bonds. The maximum absolute atomic E-state index is 12.2. The van der Waals surface area contributed by atoms with Gasteiger partial charge in [0.25, 0.3) is 5.91 Å². The molecule has 0 fully saturated rings. The SMILES string of the molecule is CC(C)S(=O)(=O)Nc1ccc(C(=O)Nc2ccc(OC(F)(F)F)cc2)cc1. The fourth-order valence-electron chi connectivity index (χ4n) is 1.91. The van der Waals surface area contributed by atoms with E-state index in [9.17, 15) is 26.4 Å². The first-order valence-corrected chi connectivity index (χ1v) is 9.30. The molecule has 0 aliphatic carbocycles. The fraction of sp³-hybridized carbons (Fsp3) is 0.235. The molecule has 0 heterocycles. The van der Waals surface area contributed by atoms with Crippen molar-refractivity contribution in [3.8, 4) is 5.75 Å². The van der Waals surface area contributed by atoms with Gasteiger partial charge >= 0.3 is 6.36 Å². The van der Waals surface area contributed by atoms with Crippen molar-refractivity contribution in [3.63, 3.8) is 0 Å². The van der Waals surface area contributed by atoms with Crippen LogP contribution in [0.3, 0.4) is 0 Å². The molecule has 0 radical (unpaired) electrons. The fourth-order valence-corrected chi connectivity index (χ4v) is 2.62. The van der Waals surface area contributed by atoms with Gasteiger partial charge in [0.05, 0.1) is 5.25 Å². The molecule has 2 rings (SSSR count). The number of rotatable bonds is 6. The summed E-state index contributed by atoms with van der Waals surface area (Å²) in [6.07, 6.45) is -4.79. The number of amides is 1. The monoisotopic (exact) mass is 402 g/mol. The van der Waals surface area contributed by atoms with Gasteiger partial charge in [-0.2, -0.15) is 0 Å². The van der Waals surface area contributed by atoms with Crippen molar-refractivity contribution < 1.29 is 31.1 Å². The maximum Gasteiger partial charge on any atom is 0.573 e. The van der Waals surface area contributed by atoms with Gasteiger partial charge < -0.3 is 10.1 Å². The summed E-state index contributed by atoms with van der Waals surface area (Å²) < 4.78 is 66.1. The van der Waals surface area contributed by atoms with Crippen molar-refractivity contribution in [2.45, 2.75) is 25.5 Å².